The van der Waals surface area contributed by atoms with Crippen molar-refractivity contribution in [2.75, 3.05) is 18.4 Å². The normalized spacial score (nSPS) is 11.1. The van der Waals surface area contributed by atoms with E-state index in [1.807, 2.05) is 13.8 Å². The highest BCUT2D eigenvalue weighted by molar-refractivity contribution is 7.90. The van der Waals surface area contributed by atoms with E-state index in [0.29, 0.717) is 35.5 Å². The quantitative estimate of drug-likeness (QED) is 0.552. The number of hydrogen-bond acceptors (Lipinski definition) is 4. The van der Waals surface area contributed by atoms with E-state index in [0.717, 1.165) is 0 Å². The number of hydrogen-bond donors (Lipinski definition) is 1. The fraction of sp³-hybridized carbons (Fsp3) is 0.200. The van der Waals surface area contributed by atoms with E-state index in [9.17, 15) is 18.0 Å². The molecule has 0 saturated carbocycles. The van der Waals surface area contributed by atoms with Gasteiger partial charge in [0.05, 0.1) is 10.6 Å². The van der Waals surface area contributed by atoms with Crippen molar-refractivity contribution in [2.45, 2.75) is 24.5 Å². The molecule has 32 heavy (non-hydrogen) atoms. The smallest absolute Gasteiger partial charge is 0.255 e. The van der Waals surface area contributed by atoms with Crippen molar-refractivity contribution in [1.29, 1.82) is 0 Å². The Morgan fingerprint density at radius 3 is 2.16 bits per heavy atom. The number of nitrogens with one attached hydrogen (secondary N) is 1. The lowest BCUT2D eigenvalue weighted by Crippen LogP contribution is -2.30. The Hall–Kier alpha value is -3.45. The van der Waals surface area contributed by atoms with E-state index >= 15 is 0 Å². The van der Waals surface area contributed by atoms with Crippen molar-refractivity contribution in [2.24, 2.45) is 0 Å². The van der Waals surface area contributed by atoms with Crippen LogP contribution in [0.2, 0.25) is 0 Å². The van der Waals surface area contributed by atoms with E-state index in [1.54, 1.807) is 83.8 Å². The second-order valence-corrected chi connectivity index (χ2v) is 9.27. The van der Waals surface area contributed by atoms with Gasteiger partial charge in [0.25, 0.3) is 11.8 Å². The van der Waals surface area contributed by atoms with Crippen molar-refractivity contribution >= 4 is 27.3 Å². The van der Waals surface area contributed by atoms with Gasteiger partial charge in [-0.1, -0.05) is 36.4 Å². The predicted molar refractivity (Wildman–Crippen MR) is 125 cm³/mol. The summed E-state index contributed by atoms with van der Waals surface area (Å²) in [6, 6.07) is 21.5. The van der Waals surface area contributed by atoms with Gasteiger partial charge in [-0.3, -0.25) is 9.59 Å². The van der Waals surface area contributed by atoms with Crippen molar-refractivity contribution in [1.82, 2.24) is 4.90 Å². The molecular formula is C25H26N2O4S. The van der Waals surface area contributed by atoms with Crippen molar-refractivity contribution in [3.63, 3.8) is 0 Å². The summed E-state index contributed by atoms with van der Waals surface area (Å²) in [5.41, 5.74) is 1.85. The van der Waals surface area contributed by atoms with Crippen LogP contribution in [0.25, 0.3) is 0 Å². The van der Waals surface area contributed by atoms with Crippen molar-refractivity contribution in [3.8, 4) is 0 Å². The number of rotatable bonds is 8. The fourth-order valence-corrected chi connectivity index (χ4v) is 4.72. The Morgan fingerprint density at radius 1 is 0.812 bits per heavy atom. The van der Waals surface area contributed by atoms with Crippen LogP contribution in [0.5, 0.6) is 0 Å². The van der Waals surface area contributed by atoms with Crippen LogP contribution in [0.15, 0.2) is 83.8 Å². The van der Waals surface area contributed by atoms with Gasteiger partial charge >= 0.3 is 0 Å². The van der Waals surface area contributed by atoms with Crippen LogP contribution < -0.4 is 5.32 Å². The largest absolute Gasteiger partial charge is 0.339 e. The monoisotopic (exact) mass is 450 g/mol. The maximum atomic E-state index is 12.8. The molecule has 0 spiro atoms. The van der Waals surface area contributed by atoms with Gasteiger partial charge in [0.15, 0.2) is 9.84 Å². The lowest BCUT2D eigenvalue weighted by Gasteiger charge is -2.19. The number of amides is 2. The van der Waals surface area contributed by atoms with Gasteiger partial charge in [0.2, 0.25) is 0 Å². The first-order valence-corrected chi connectivity index (χ1v) is 12.1. The molecule has 0 heterocycles. The molecule has 0 radical (unpaired) electrons. The average Bonchev–Trinajstić information content (AvgIpc) is 2.80. The second kappa shape index (κ2) is 10.2. The third kappa shape index (κ3) is 5.62. The third-order valence-corrected chi connectivity index (χ3v) is 6.77. The minimum absolute atomic E-state index is 0.0979. The van der Waals surface area contributed by atoms with E-state index < -0.39 is 9.84 Å². The molecule has 7 heteroatoms. The minimum Gasteiger partial charge on any atom is -0.339 e. The van der Waals surface area contributed by atoms with Gasteiger partial charge in [-0.05, 0) is 61.9 Å². The molecule has 0 bridgehead atoms. The zero-order valence-corrected chi connectivity index (χ0v) is 18.9. The third-order valence-electron chi connectivity index (χ3n) is 5.07. The van der Waals surface area contributed by atoms with Crippen LogP contribution >= 0.6 is 0 Å². The van der Waals surface area contributed by atoms with Gasteiger partial charge in [-0.25, -0.2) is 8.42 Å². The summed E-state index contributed by atoms with van der Waals surface area (Å²) in [7, 11) is -3.52. The Morgan fingerprint density at radius 2 is 1.47 bits per heavy atom. The zero-order chi connectivity index (χ0) is 23.1. The van der Waals surface area contributed by atoms with Gasteiger partial charge < -0.3 is 10.2 Å². The predicted octanol–water partition coefficient (Wildman–Crippen LogP) is 4.39. The zero-order valence-electron chi connectivity index (χ0n) is 18.1. The molecule has 166 valence electrons. The summed E-state index contributed by atoms with van der Waals surface area (Å²) < 4.78 is 25.3. The average molecular weight is 451 g/mol. The Labute approximate surface area is 188 Å². The highest BCUT2D eigenvalue weighted by Crippen LogP contribution is 2.18. The van der Waals surface area contributed by atoms with Crippen LogP contribution in [0.4, 0.5) is 5.69 Å². The summed E-state index contributed by atoms with van der Waals surface area (Å²) in [5, 5.41) is 2.79. The molecule has 0 atom stereocenters. The Kier molecular flexibility index (Phi) is 7.43. The standard InChI is InChI=1S/C25H26N2O4S/c1-3-27(4-2)25(29)21-12-9-13-22(17-21)26-24(28)20-11-8-10-19(16-20)18-32(30,31)23-14-6-5-7-15-23/h5-17H,3-4,18H2,1-2H3,(H,26,28). The lowest BCUT2D eigenvalue weighted by atomic mass is 10.1. The molecule has 0 aliphatic carbocycles. The molecule has 3 aromatic carbocycles. The maximum Gasteiger partial charge on any atom is 0.255 e. The van der Waals surface area contributed by atoms with E-state index in [1.165, 1.54) is 0 Å². The maximum absolute atomic E-state index is 12.8. The van der Waals surface area contributed by atoms with Crippen LogP contribution in [-0.2, 0) is 15.6 Å². The minimum atomic E-state index is -3.52. The van der Waals surface area contributed by atoms with E-state index in [-0.39, 0.29) is 22.5 Å². The van der Waals surface area contributed by atoms with Gasteiger partial charge in [0, 0.05) is 29.9 Å². The Bertz CT molecular complexity index is 1200. The van der Waals surface area contributed by atoms with Gasteiger partial charge in [-0.2, -0.15) is 0 Å². The van der Waals surface area contributed by atoms with Gasteiger partial charge in [-0.15, -0.1) is 0 Å². The molecule has 0 aliphatic rings. The molecule has 0 aliphatic heterocycles. The second-order valence-electron chi connectivity index (χ2n) is 7.28. The van der Waals surface area contributed by atoms with Crippen LogP contribution in [-0.4, -0.2) is 38.2 Å². The number of sulfone groups is 1. The van der Waals surface area contributed by atoms with Crippen LogP contribution in [0, 0.1) is 0 Å². The molecule has 0 unspecified atom stereocenters. The number of carbonyl (C=O) groups is 2. The molecule has 3 aromatic rings. The van der Waals surface area contributed by atoms with Crippen molar-refractivity contribution < 1.29 is 18.0 Å². The molecule has 0 aromatic heterocycles. The van der Waals surface area contributed by atoms with E-state index in [4.69, 9.17) is 0 Å². The van der Waals surface area contributed by atoms with E-state index in [2.05, 4.69) is 5.32 Å². The molecule has 1 N–H and O–H groups in total. The van der Waals surface area contributed by atoms with Gasteiger partial charge in [0.1, 0.15) is 0 Å². The first-order chi connectivity index (χ1) is 15.3. The first kappa shape index (κ1) is 23.2. The highest BCUT2D eigenvalue weighted by atomic mass is 32.2. The number of anilines is 1. The lowest BCUT2D eigenvalue weighted by molar-refractivity contribution is 0.0772. The summed E-state index contributed by atoms with van der Waals surface area (Å²) in [6.07, 6.45) is 0. The summed E-state index contributed by atoms with van der Waals surface area (Å²) in [4.78, 5) is 27.3. The molecule has 0 fully saturated rings. The molecule has 0 saturated heterocycles. The highest BCUT2D eigenvalue weighted by Gasteiger charge is 2.17. The van der Waals surface area contributed by atoms with Crippen LogP contribution in [0.1, 0.15) is 40.1 Å². The number of benzene rings is 3. The van der Waals surface area contributed by atoms with Crippen molar-refractivity contribution in [3.05, 3.63) is 95.6 Å². The molecule has 2 amide bonds. The number of nitrogens with zero attached hydrogens (tertiary/aromatic N) is 1. The SMILES string of the molecule is CCN(CC)C(=O)c1cccc(NC(=O)c2cccc(CS(=O)(=O)c3ccccc3)c2)c1. The topological polar surface area (TPSA) is 83.6 Å². The summed E-state index contributed by atoms with van der Waals surface area (Å²) in [6.45, 7) is 5.03. The summed E-state index contributed by atoms with van der Waals surface area (Å²) in [5.74, 6) is -0.679. The van der Waals surface area contributed by atoms with Crippen LogP contribution in [0.3, 0.4) is 0 Å². The fourth-order valence-electron chi connectivity index (χ4n) is 3.36. The molecular weight excluding hydrogens is 424 g/mol. The Balaban J connectivity index is 1.76. The summed E-state index contributed by atoms with van der Waals surface area (Å²) >= 11 is 0. The number of carbonyl (C=O) groups excluding carboxylic acids is 2. The molecule has 3 rings (SSSR count). The molecule has 6 nitrogen and oxygen atoms in total. The first-order valence-electron chi connectivity index (χ1n) is 10.4.